The van der Waals surface area contributed by atoms with Gasteiger partial charge in [-0.15, -0.1) is 0 Å². The Hall–Kier alpha value is -6.19. The van der Waals surface area contributed by atoms with E-state index in [2.05, 4.69) is 0 Å². The number of carbonyl (C=O) groups excluding carboxylic acids is 2. The van der Waals surface area contributed by atoms with Crippen LogP contribution in [0.15, 0.2) is 72.8 Å². The molecule has 0 radical (unpaired) electrons. The van der Waals surface area contributed by atoms with E-state index in [9.17, 15) is 19.2 Å². The molecule has 12 heteroatoms. The number of carboxylic acids is 2. The van der Waals surface area contributed by atoms with Gasteiger partial charge in [-0.05, 0) is 72.8 Å². The normalized spacial score (nSPS) is 8.85. The van der Waals surface area contributed by atoms with Gasteiger partial charge < -0.3 is 24.8 Å². The summed E-state index contributed by atoms with van der Waals surface area (Å²) in [5, 5.41) is 49.8. The van der Waals surface area contributed by atoms with Gasteiger partial charge >= 0.3 is 23.9 Å². The molecule has 0 aliphatic rings. The molecule has 12 nitrogen and oxygen atoms in total. The Morgan fingerprint density at radius 1 is 0.564 bits per heavy atom. The van der Waals surface area contributed by atoms with Crippen molar-refractivity contribution in [3.63, 3.8) is 0 Å². The molecule has 3 aromatic carbocycles. The molecule has 0 unspecified atom stereocenters. The first-order chi connectivity index (χ1) is 18.6. The van der Waals surface area contributed by atoms with Crippen LogP contribution in [0, 0.1) is 34.0 Å². The van der Waals surface area contributed by atoms with Crippen LogP contribution < -0.4 is 9.47 Å². The van der Waals surface area contributed by atoms with Crippen LogP contribution >= 0.6 is 0 Å². The second-order valence-corrected chi connectivity index (χ2v) is 7.02. The minimum absolute atomic E-state index is 0.189. The van der Waals surface area contributed by atoms with E-state index in [1.54, 1.807) is 12.1 Å². The zero-order chi connectivity index (χ0) is 29.2. The third-order valence-electron chi connectivity index (χ3n) is 4.02. The smallest absolute Gasteiger partial charge is 0.322 e. The van der Waals surface area contributed by atoms with Crippen molar-refractivity contribution in [2.75, 3.05) is 0 Å². The molecule has 0 aliphatic carbocycles. The third-order valence-corrected chi connectivity index (χ3v) is 4.02. The summed E-state index contributed by atoms with van der Waals surface area (Å²) < 4.78 is 9.93. The monoisotopic (exact) mass is 529 g/mol. The van der Waals surface area contributed by atoms with Crippen LogP contribution in [0.3, 0.4) is 0 Å². The lowest BCUT2D eigenvalue weighted by Crippen LogP contribution is -2.18. The number of hydrogen-bond acceptors (Lipinski definition) is 10. The Kier molecular flexibility index (Phi) is 13.0. The number of phenolic OH excluding ortho intramolecular Hbond substituents is 1. The van der Waals surface area contributed by atoms with Gasteiger partial charge in [-0.1, -0.05) is 0 Å². The lowest BCUT2D eigenvalue weighted by atomic mass is 10.2. The molecule has 0 atom stereocenters. The van der Waals surface area contributed by atoms with E-state index in [1.807, 2.05) is 18.2 Å². The van der Waals surface area contributed by atoms with Crippen LogP contribution in [0.4, 0.5) is 0 Å². The Morgan fingerprint density at radius 2 is 0.872 bits per heavy atom. The molecule has 0 heterocycles. The fourth-order valence-corrected chi connectivity index (χ4v) is 2.31. The highest BCUT2D eigenvalue weighted by molar-refractivity contribution is 5.93. The van der Waals surface area contributed by atoms with Crippen molar-refractivity contribution in [3.8, 4) is 35.5 Å². The first kappa shape index (κ1) is 30.8. The highest BCUT2D eigenvalue weighted by Gasteiger charge is 2.14. The number of aliphatic carboxylic acids is 2. The number of phenols is 1. The molecule has 0 spiro atoms. The molecule has 39 heavy (non-hydrogen) atoms. The first-order valence-corrected chi connectivity index (χ1v) is 10.6. The van der Waals surface area contributed by atoms with Crippen LogP contribution in [0.2, 0.25) is 0 Å². The maximum absolute atomic E-state index is 11.6. The molecule has 196 valence electrons. The van der Waals surface area contributed by atoms with Crippen LogP contribution in [-0.4, -0.2) is 39.2 Å². The minimum Gasteiger partial charge on any atom is -0.508 e. The number of ether oxygens (including phenoxy) is 2. The molecular formula is C27H19N3O9. The zero-order valence-electron chi connectivity index (χ0n) is 20.0. The Labute approximate surface area is 221 Å². The fraction of sp³-hybridized carbons (Fsp3) is 0.0741. The van der Waals surface area contributed by atoms with Crippen molar-refractivity contribution in [2.45, 2.75) is 12.8 Å². The van der Waals surface area contributed by atoms with Crippen molar-refractivity contribution in [1.29, 1.82) is 15.8 Å². The van der Waals surface area contributed by atoms with Crippen LogP contribution in [0.25, 0.3) is 0 Å². The van der Waals surface area contributed by atoms with Crippen molar-refractivity contribution in [1.82, 2.24) is 0 Å². The molecule has 0 aliphatic heterocycles. The zero-order valence-corrected chi connectivity index (χ0v) is 20.0. The maximum atomic E-state index is 11.6. The van der Waals surface area contributed by atoms with E-state index in [0.717, 1.165) is 0 Å². The summed E-state index contributed by atoms with van der Waals surface area (Å²) in [4.78, 5) is 42.1. The average molecular weight is 529 g/mol. The lowest BCUT2D eigenvalue weighted by Gasteiger charge is -2.05. The van der Waals surface area contributed by atoms with E-state index < -0.39 is 36.7 Å². The predicted octanol–water partition coefficient (Wildman–Crippen LogP) is 3.14. The molecule has 0 amide bonds. The first-order valence-electron chi connectivity index (χ1n) is 10.6. The average Bonchev–Trinajstić information content (AvgIpc) is 2.90. The van der Waals surface area contributed by atoms with E-state index in [0.29, 0.717) is 16.7 Å². The maximum Gasteiger partial charge on any atom is 0.322 e. The van der Waals surface area contributed by atoms with Gasteiger partial charge in [0.1, 0.15) is 30.1 Å². The number of rotatable bonds is 6. The number of nitriles is 3. The highest BCUT2D eigenvalue weighted by atomic mass is 16.6. The molecule has 0 aromatic heterocycles. The molecule has 0 saturated heterocycles. The van der Waals surface area contributed by atoms with Gasteiger partial charge in [0.2, 0.25) is 0 Å². The molecule has 0 fully saturated rings. The van der Waals surface area contributed by atoms with Crippen molar-refractivity contribution < 1.29 is 44.0 Å². The van der Waals surface area contributed by atoms with Gasteiger partial charge in [0.25, 0.3) is 0 Å². The summed E-state index contributed by atoms with van der Waals surface area (Å²) >= 11 is 0. The molecule has 3 N–H and O–H groups in total. The largest absolute Gasteiger partial charge is 0.508 e. The quantitative estimate of drug-likeness (QED) is 0.238. The van der Waals surface area contributed by atoms with Crippen LogP contribution in [0.1, 0.15) is 29.5 Å². The third kappa shape index (κ3) is 13.5. The second kappa shape index (κ2) is 16.5. The van der Waals surface area contributed by atoms with E-state index >= 15 is 0 Å². The Morgan fingerprint density at radius 3 is 1.13 bits per heavy atom. The van der Waals surface area contributed by atoms with Gasteiger partial charge in [0.05, 0.1) is 34.9 Å². The van der Waals surface area contributed by atoms with Crippen molar-refractivity contribution >= 4 is 23.9 Å². The van der Waals surface area contributed by atoms with E-state index in [-0.39, 0.29) is 17.2 Å². The Bertz CT molecular complexity index is 1330. The summed E-state index contributed by atoms with van der Waals surface area (Å²) in [6, 6.07) is 23.8. The number of nitrogens with zero attached hydrogens (tertiary/aromatic N) is 3. The second-order valence-electron chi connectivity index (χ2n) is 7.02. The molecular weight excluding hydrogens is 510 g/mol. The number of aromatic hydroxyl groups is 1. The molecule has 0 saturated carbocycles. The van der Waals surface area contributed by atoms with Crippen LogP contribution in [0.5, 0.6) is 17.2 Å². The topological polar surface area (TPSA) is 219 Å². The Balaban J connectivity index is 0.000000388. The van der Waals surface area contributed by atoms with Crippen LogP contribution in [-0.2, 0) is 19.2 Å². The van der Waals surface area contributed by atoms with Gasteiger partial charge in [-0.3, -0.25) is 19.2 Å². The number of carboxylic acid groups (broad SMARTS) is 2. The summed E-state index contributed by atoms with van der Waals surface area (Å²) in [5.74, 6) is -3.50. The summed E-state index contributed by atoms with van der Waals surface area (Å²) in [7, 11) is 0. The number of hydrogen-bond donors (Lipinski definition) is 3. The van der Waals surface area contributed by atoms with Gasteiger partial charge in [-0.25, -0.2) is 0 Å². The number of esters is 2. The molecule has 3 rings (SSSR count). The SMILES string of the molecule is N#Cc1ccc(O)cc1.N#Cc1ccc(OC(=O)CC(=O)Oc2ccc(C#N)cc2)cc1.O=C(O)CC(=O)O. The lowest BCUT2D eigenvalue weighted by molar-refractivity contribution is -0.148. The van der Waals surface area contributed by atoms with Gasteiger partial charge in [-0.2, -0.15) is 15.8 Å². The molecule has 3 aromatic rings. The minimum atomic E-state index is -1.31. The van der Waals surface area contributed by atoms with Crippen molar-refractivity contribution in [2.24, 2.45) is 0 Å². The van der Waals surface area contributed by atoms with Gasteiger partial charge in [0.15, 0.2) is 0 Å². The standard InChI is InChI=1S/C17H10N2O4.C7H5NO.C3H4O4/c18-10-12-1-5-14(6-2-12)22-16(20)9-17(21)23-15-7-3-13(11-19)4-8-15;8-5-6-1-3-7(9)4-2-6;4-2(5)1-3(6)7/h1-8H,9H2;1-4,9H;1H2,(H,4,5)(H,6,7). The fourth-order valence-electron chi connectivity index (χ4n) is 2.31. The highest BCUT2D eigenvalue weighted by Crippen LogP contribution is 2.14. The molecule has 0 bridgehead atoms. The summed E-state index contributed by atoms with van der Waals surface area (Å²) in [5.41, 5.74) is 1.43. The predicted molar refractivity (Wildman–Crippen MR) is 131 cm³/mol. The summed E-state index contributed by atoms with van der Waals surface area (Å²) in [6.07, 6.45) is -1.36. The summed E-state index contributed by atoms with van der Waals surface area (Å²) in [6.45, 7) is 0. The van der Waals surface area contributed by atoms with Crippen molar-refractivity contribution in [3.05, 3.63) is 89.5 Å². The van der Waals surface area contributed by atoms with E-state index in [4.69, 9.17) is 40.6 Å². The van der Waals surface area contributed by atoms with E-state index in [1.165, 1.54) is 60.7 Å². The number of carbonyl (C=O) groups is 4. The number of benzene rings is 3. The van der Waals surface area contributed by atoms with Gasteiger partial charge in [0, 0.05) is 0 Å².